The van der Waals surface area contributed by atoms with Crippen LogP contribution in [0, 0.1) is 16.7 Å². The molecular formula is C33H37NO7. The molecule has 1 heterocycles. The van der Waals surface area contributed by atoms with E-state index in [1.165, 1.54) is 6.92 Å². The number of ether oxygens (including phenoxy) is 3. The first-order chi connectivity index (χ1) is 19.6. The van der Waals surface area contributed by atoms with Crippen molar-refractivity contribution in [3.63, 3.8) is 0 Å². The molecule has 2 saturated carbocycles. The molecule has 0 radical (unpaired) electrons. The zero-order valence-corrected chi connectivity index (χ0v) is 24.0. The number of allylic oxidation sites excluding steroid dienone is 3. The van der Waals surface area contributed by atoms with Crippen LogP contribution in [0.5, 0.6) is 0 Å². The number of carbonyl (C=O) groups excluding carboxylic acids is 3. The molecule has 4 aliphatic carbocycles. The molecule has 0 amide bonds. The maximum absolute atomic E-state index is 14.2. The highest BCUT2D eigenvalue weighted by Gasteiger charge is 2.64. The molecule has 8 nitrogen and oxygen atoms in total. The highest BCUT2D eigenvalue weighted by molar-refractivity contribution is 6.12. The maximum Gasteiger partial charge on any atom is 0.303 e. The number of ketones is 2. The molecule has 2 N–H and O–H groups in total. The SMILES string of the molecule is COCC1OC(=C2CC2)/C(=C/NCc2ccccc2)C2=C(O)C(=O)C3=C(C(OC(C)=O)C[C@]4(C)C(=O)CCC34)[C@]21C. The van der Waals surface area contributed by atoms with Crippen molar-refractivity contribution in [2.75, 3.05) is 13.7 Å². The fraction of sp³-hybridized carbons (Fsp3) is 0.485. The number of esters is 1. The van der Waals surface area contributed by atoms with E-state index in [0.29, 0.717) is 47.4 Å². The van der Waals surface area contributed by atoms with Gasteiger partial charge in [0.15, 0.2) is 5.76 Å². The van der Waals surface area contributed by atoms with Gasteiger partial charge in [-0.25, -0.2) is 0 Å². The van der Waals surface area contributed by atoms with Gasteiger partial charge >= 0.3 is 5.97 Å². The second-order valence-corrected chi connectivity index (χ2v) is 12.2. The van der Waals surface area contributed by atoms with Gasteiger partial charge in [-0.2, -0.15) is 0 Å². The first-order valence-corrected chi connectivity index (χ1v) is 14.4. The summed E-state index contributed by atoms with van der Waals surface area (Å²) in [4.78, 5) is 39.8. The number of hydrogen-bond acceptors (Lipinski definition) is 8. The van der Waals surface area contributed by atoms with Crippen LogP contribution in [0.4, 0.5) is 0 Å². The summed E-state index contributed by atoms with van der Waals surface area (Å²) in [7, 11) is 1.59. The Morgan fingerprint density at radius 1 is 1.17 bits per heavy atom. The molecule has 0 spiro atoms. The van der Waals surface area contributed by atoms with Gasteiger partial charge in [0.2, 0.25) is 5.78 Å². The number of carbonyl (C=O) groups is 3. The van der Waals surface area contributed by atoms with E-state index in [4.69, 9.17) is 14.2 Å². The Balaban J connectivity index is 1.54. The van der Waals surface area contributed by atoms with E-state index in [2.05, 4.69) is 5.32 Å². The molecule has 41 heavy (non-hydrogen) atoms. The van der Waals surface area contributed by atoms with Crippen molar-refractivity contribution >= 4 is 17.5 Å². The van der Waals surface area contributed by atoms with Crippen LogP contribution in [0.1, 0.15) is 58.4 Å². The van der Waals surface area contributed by atoms with Crippen LogP contribution in [0.3, 0.4) is 0 Å². The highest BCUT2D eigenvalue weighted by Crippen LogP contribution is 2.63. The number of Topliss-reactive ketones (excluding diaryl/α,β-unsaturated/α-hetero) is 2. The average molecular weight is 560 g/mol. The van der Waals surface area contributed by atoms with E-state index in [1.807, 2.05) is 50.4 Å². The van der Waals surface area contributed by atoms with Crippen molar-refractivity contribution < 1.29 is 33.7 Å². The summed E-state index contributed by atoms with van der Waals surface area (Å²) in [6.45, 7) is 5.87. The zero-order chi connectivity index (χ0) is 29.1. The lowest BCUT2D eigenvalue weighted by molar-refractivity contribution is -0.150. The number of fused-ring (bicyclic) bond motifs is 4. The van der Waals surface area contributed by atoms with Gasteiger partial charge in [-0.15, -0.1) is 0 Å². The maximum atomic E-state index is 14.2. The third kappa shape index (κ3) is 4.26. The molecule has 3 unspecified atom stereocenters. The molecular weight excluding hydrogens is 522 g/mol. The highest BCUT2D eigenvalue weighted by atomic mass is 16.5. The van der Waals surface area contributed by atoms with Crippen LogP contribution in [0.2, 0.25) is 0 Å². The zero-order valence-electron chi connectivity index (χ0n) is 24.0. The van der Waals surface area contributed by atoms with Gasteiger partial charge in [-0.05, 0) is 42.9 Å². The number of aliphatic hydroxyl groups is 1. The summed E-state index contributed by atoms with van der Waals surface area (Å²) >= 11 is 0. The molecule has 1 saturated heterocycles. The van der Waals surface area contributed by atoms with E-state index in [-0.39, 0.29) is 30.5 Å². The number of hydrogen-bond donors (Lipinski definition) is 2. The predicted octanol–water partition coefficient (Wildman–Crippen LogP) is 4.77. The van der Waals surface area contributed by atoms with Gasteiger partial charge in [-0.1, -0.05) is 37.3 Å². The molecule has 1 aliphatic heterocycles. The largest absolute Gasteiger partial charge is 0.504 e. The van der Waals surface area contributed by atoms with Crippen LogP contribution >= 0.6 is 0 Å². The molecule has 1 aromatic rings. The minimum absolute atomic E-state index is 0.0539. The molecule has 6 rings (SSSR count). The van der Waals surface area contributed by atoms with Gasteiger partial charge < -0.3 is 24.6 Å². The smallest absolute Gasteiger partial charge is 0.303 e. The second-order valence-electron chi connectivity index (χ2n) is 12.2. The number of aliphatic hydroxyl groups excluding tert-OH is 1. The van der Waals surface area contributed by atoms with Gasteiger partial charge in [0, 0.05) is 67.7 Å². The molecule has 5 atom stereocenters. The predicted molar refractivity (Wildman–Crippen MR) is 150 cm³/mol. The summed E-state index contributed by atoms with van der Waals surface area (Å²) in [5.74, 6) is -0.996. The molecule has 5 aliphatic rings. The Kier molecular flexibility index (Phi) is 6.72. The lowest BCUT2D eigenvalue weighted by atomic mass is 9.53. The van der Waals surface area contributed by atoms with Crippen LogP contribution < -0.4 is 5.32 Å². The first kappa shape index (κ1) is 27.5. The van der Waals surface area contributed by atoms with Crippen molar-refractivity contribution in [1.82, 2.24) is 5.32 Å². The van der Waals surface area contributed by atoms with Crippen LogP contribution in [-0.2, 0) is 35.1 Å². The Labute approximate surface area is 240 Å². The number of rotatable bonds is 6. The number of methoxy groups -OCH3 is 1. The quantitative estimate of drug-likeness (QED) is 0.480. The Bertz CT molecular complexity index is 1440. The summed E-state index contributed by atoms with van der Waals surface area (Å²) in [5.41, 5.74) is 2.37. The average Bonchev–Trinajstić information content (AvgIpc) is 3.73. The second kappa shape index (κ2) is 10.0. The molecule has 8 heteroatoms. The van der Waals surface area contributed by atoms with Crippen LogP contribution in [-0.4, -0.2) is 48.6 Å². The molecule has 1 aromatic carbocycles. The van der Waals surface area contributed by atoms with E-state index in [9.17, 15) is 19.5 Å². The van der Waals surface area contributed by atoms with Crippen molar-refractivity contribution in [3.8, 4) is 0 Å². The topological polar surface area (TPSA) is 111 Å². The normalized spacial score (nSPS) is 33.4. The number of nitrogens with one attached hydrogen (secondary N) is 1. The van der Waals surface area contributed by atoms with Gasteiger partial charge in [0.05, 0.1) is 12.0 Å². The van der Waals surface area contributed by atoms with Crippen molar-refractivity contribution in [1.29, 1.82) is 0 Å². The van der Waals surface area contributed by atoms with Gasteiger partial charge in [0.1, 0.15) is 23.8 Å². The minimum atomic E-state index is -1.06. The summed E-state index contributed by atoms with van der Waals surface area (Å²) in [6.07, 6.45) is 3.28. The van der Waals surface area contributed by atoms with E-state index in [0.717, 1.165) is 24.0 Å². The Morgan fingerprint density at radius 3 is 2.56 bits per heavy atom. The monoisotopic (exact) mass is 559 g/mol. The molecule has 0 aromatic heterocycles. The van der Waals surface area contributed by atoms with E-state index >= 15 is 0 Å². The third-order valence-corrected chi connectivity index (χ3v) is 9.67. The minimum Gasteiger partial charge on any atom is -0.504 e. The molecule has 0 bridgehead atoms. The fourth-order valence-corrected chi connectivity index (χ4v) is 7.56. The van der Waals surface area contributed by atoms with E-state index < -0.39 is 34.8 Å². The Hall–Kier alpha value is -3.65. The molecule has 216 valence electrons. The number of benzene rings is 1. The lowest BCUT2D eigenvalue weighted by Crippen LogP contribution is -2.56. The molecule has 3 fully saturated rings. The fourth-order valence-electron chi connectivity index (χ4n) is 7.56. The van der Waals surface area contributed by atoms with E-state index in [1.54, 1.807) is 7.11 Å². The summed E-state index contributed by atoms with van der Waals surface area (Å²) in [6, 6.07) is 9.94. The van der Waals surface area contributed by atoms with Crippen molar-refractivity contribution in [2.24, 2.45) is 16.7 Å². The van der Waals surface area contributed by atoms with Crippen molar-refractivity contribution in [3.05, 3.63) is 81.5 Å². The van der Waals surface area contributed by atoms with Gasteiger partial charge in [0.25, 0.3) is 0 Å². The van der Waals surface area contributed by atoms with Crippen LogP contribution in [0.25, 0.3) is 0 Å². The van der Waals surface area contributed by atoms with Crippen molar-refractivity contribution in [2.45, 2.75) is 71.6 Å². The first-order valence-electron chi connectivity index (χ1n) is 14.4. The summed E-state index contributed by atoms with van der Waals surface area (Å²) in [5, 5.41) is 15.2. The van der Waals surface area contributed by atoms with Crippen LogP contribution in [0.15, 0.2) is 75.9 Å². The summed E-state index contributed by atoms with van der Waals surface area (Å²) < 4.78 is 18.3. The third-order valence-electron chi connectivity index (χ3n) is 9.67. The Morgan fingerprint density at radius 2 is 1.90 bits per heavy atom. The van der Waals surface area contributed by atoms with Gasteiger partial charge in [-0.3, -0.25) is 14.4 Å². The standard InChI is InChI=1S/C33H37NO7/c1-18(35)40-23-14-32(2)22(12-13-24(32)36)26-28(23)33(3)25(17-39-4)41-31(20-10-11-20)21(27(33)30(38)29(26)37)16-34-15-19-8-6-5-7-9-19/h5-9,16,22-23,25,34,38H,10-15,17H2,1-4H3/b21-16+/t22?,23?,25?,32-,33-/m0/s1. The lowest BCUT2D eigenvalue weighted by Gasteiger charge is -2.54.